The van der Waals surface area contributed by atoms with Gasteiger partial charge < -0.3 is 4.74 Å². The van der Waals surface area contributed by atoms with Gasteiger partial charge in [0.1, 0.15) is 5.75 Å². The van der Waals surface area contributed by atoms with Gasteiger partial charge >= 0.3 is 6.36 Å². The fourth-order valence-corrected chi connectivity index (χ4v) is 5.00. The lowest BCUT2D eigenvalue weighted by atomic mass is 10.1. The van der Waals surface area contributed by atoms with Gasteiger partial charge in [0, 0.05) is 21.0 Å². The van der Waals surface area contributed by atoms with Crippen molar-refractivity contribution < 1.29 is 17.9 Å². The van der Waals surface area contributed by atoms with E-state index in [0.717, 1.165) is 39.4 Å². The minimum atomic E-state index is -4.71. The summed E-state index contributed by atoms with van der Waals surface area (Å²) in [4.78, 5) is 4.64. The van der Waals surface area contributed by atoms with Crippen LogP contribution in [0.2, 0.25) is 0 Å². The Kier molecular flexibility index (Phi) is 5.92. The van der Waals surface area contributed by atoms with Gasteiger partial charge in [-0.2, -0.15) is 0 Å². The van der Waals surface area contributed by atoms with Crippen molar-refractivity contribution in [1.82, 2.24) is 9.55 Å². The maximum absolute atomic E-state index is 12.5. The molecular formula is C21H18BrF3N2OS. The third-order valence-electron chi connectivity index (χ3n) is 4.77. The number of hydrogen-bond donors (Lipinski definition) is 0. The first kappa shape index (κ1) is 20.3. The van der Waals surface area contributed by atoms with Crippen LogP contribution < -0.4 is 4.74 Å². The topological polar surface area (TPSA) is 27.1 Å². The number of thioether (sulfide) groups is 1. The molecule has 0 atom stereocenters. The molecule has 3 nitrogen and oxygen atoms in total. The lowest BCUT2D eigenvalue weighted by molar-refractivity contribution is -0.274. The summed E-state index contributed by atoms with van der Waals surface area (Å²) in [6.45, 7) is 0. The van der Waals surface area contributed by atoms with Gasteiger partial charge in [-0.25, -0.2) is 4.98 Å². The van der Waals surface area contributed by atoms with E-state index in [2.05, 4.69) is 25.7 Å². The van der Waals surface area contributed by atoms with E-state index in [9.17, 15) is 13.2 Å². The predicted molar refractivity (Wildman–Crippen MR) is 111 cm³/mol. The zero-order valence-corrected chi connectivity index (χ0v) is 17.7. The second kappa shape index (κ2) is 8.44. The van der Waals surface area contributed by atoms with Gasteiger partial charge in [-0.1, -0.05) is 52.7 Å². The van der Waals surface area contributed by atoms with E-state index in [1.54, 1.807) is 23.9 Å². The van der Waals surface area contributed by atoms with Crippen LogP contribution >= 0.6 is 27.7 Å². The number of alkyl halides is 3. The molecular weight excluding hydrogens is 465 g/mol. The first-order valence-corrected chi connectivity index (χ1v) is 10.9. The standard InChI is InChI=1S/C21H18BrF3N2OS/c22-15-7-5-14(6-8-15)19-13-26-20(29-18-3-1-2-4-18)27(19)16-9-11-17(12-10-16)28-21(23,24)25/h5-13,18H,1-4H2. The monoisotopic (exact) mass is 482 g/mol. The molecule has 1 aliphatic carbocycles. The average Bonchev–Trinajstić information content (AvgIpc) is 3.32. The number of benzene rings is 2. The van der Waals surface area contributed by atoms with Gasteiger partial charge in [-0.15, -0.1) is 13.2 Å². The number of imidazole rings is 1. The van der Waals surface area contributed by atoms with Crippen LogP contribution in [0.25, 0.3) is 16.9 Å². The molecule has 2 aromatic carbocycles. The molecule has 1 fully saturated rings. The van der Waals surface area contributed by atoms with Crippen molar-refractivity contribution >= 4 is 27.7 Å². The molecule has 1 aliphatic rings. The van der Waals surface area contributed by atoms with E-state index in [1.807, 2.05) is 35.0 Å². The predicted octanol–water partition coefficient (Wildman–Crippen LogP) is 7.24. The number of rotatable bonds is 5. The molecule has 152 valence electrons. The molecule has 1 aromatic heterocycles. The number of halogens is 4. The number of hydrogen-bond acceptors (Lipinski definition) is 3. The second-order valence-electron chi connectivity index (χ2n) is 6.83. The van der Waals surface area contributed by atoms with Crippen molar-refractivity contribution in [3.05, 3.63) is 59.2 Å². The van der Waals surface area contributed by atoms with Gasteiger partial charge in [-0.3, -0.25) is 4.57 Å². The molecule has 0 radical (unpaired) electrons. The molecule has 0 aliphatic heterocycles. The summed E-state index contributed by atoms with van der Waals surface area (Å²) < 4.78 is 44.4. The Morgan fingerprint density at radius 3 is 2.28 bits per heavy atom. The number of aromatic nitrogens is 2. The third kappa shape index (κ3) is 4.98. The van der Waals surface area contributed by atoms with E-state index in [4.69, 9.17) is 0 Å². The zero-order valence-electron chi connectivity index (χ0n) is 15.3. The minimum absolute atomic E-state index is 0.239. The third-order valence-corrected chi connectivity index (χ3v) is 6.60. The van der Waals surface area contributed by atoms with E-state index < -0.39 is 6.36 Å². The summed E-state index contributed by atoms with van der Waals surface area (Å²) in [5, 5.41) is 1.36. The first-order chi connectivity index (χ1) is 13.9. The fraction of sp³-hybridized carbons (Fsp3) is 0.286. The molecule has 0 N–H and O–H groups in total. The SMILES string of the molecule is FC(F)(F)Oc1ccc(-n2c(-c3ccc(Br)cc3)cnc2SC2CCCC2)cc1. The normalized spacial score (nSPS) is 15.0. The van der Waals surface area contributed by atoms with Crippen LogP contribution in [0.3, 0.4) is 0 Å². The van der Waals surface area contributed by atoms with Gasteiger partial charge in [-0.05, 0) is 49.2 Å². The summed E-state index contributed by atoms with van der Waals surface area (Å²) in [5.74, 6) is -0.239. The highest BCUT2D eigenvalue weighted by Crippen LogP contribution is 2.38. The molecule has 1 saturated carbocycles. The Balaban J connectivity index is 1.72. The molecule has 29 heavy (non-hydrogen) atoms. The van der Waals surface area contributed by atoms with Crippen LogP contribution in [0.4, 0.5) is 13.2 Å². The van der Waals surface area contributed by atoms with Crippen molar-refractivity contribution in [1.29, 1.82) is 0 Å². The highest BCUT2D eigenvalue weighted by Gasteiger charge is 2.31. The smallest absolute Gasteiger partial charge is 0.406 e. The first-order valence-electron chi connectivity index (χ1n) is 9.25. The highest BCUT2D eigenvalue weighted by molar-refractivity contribution is 9.10. The van der Waals surface area contributed by atoms with Gasteiger partial charge in [0.15, 0.2) is 5.16 Å². The van der Waals surface area contributed by atoms with Crippen LogP contribution in [0, 0.1) is 0 Å². The second-order valence-corrected chi connectivity index (χ2v) is 9.02. The summed E-state index contributed by atoms with van der Waals surface area (Å²) in [7, 11) is 0. The summed E-state index contributed by atoms with van der Waals surface area (Å²) in [6.07, 6.45) is 1.87. The summed E-state index contributed by atoms with van der Waals surface area (Å²) in [6, 6.07) is 13.8. The molecule has 0 bridgehead atoms. The molecule has 0 amide bonds. The molecule has 1 heterocycles. The van der Waals surface area contributed by atoms with Gasteiger partial charge in [0.2, 0.25) is 0 Å². The van der Waals surface area contributed by atoms with Crippen LogP contribution in [0.1, 0.15) is 25.7 Å². The Labute approximate surface area is 179 Å². The van der Waals surface area contributed by atoms with Crippen molar-refractivity contribution in [3.63, 3.8) is 0 Å². The van der Waals surface area contributed by atoms with Crippen LogP contribution in [0.5, 0.6) is 5.75 Å². The van der Waals surface area contributed by atoms with Gasteiger partial charge in [0.05, 0.1) is 11.9 Å². The maximum atomic E-state index is 12.5. The maximum Gasteiger partial charge on any atom is 0.573 e. The summed E-state index contributed by atoms with van der Waals surface area (Å²) >= 11 is 5.18. The molecule has 0 unspecified atom stereocenters. The fourth-order valence-electron chi connectivity index (χ4n) is 3.44. The minimum Gasteiger partial charge on any atom is -0.406 e. The van der Waals surface area contributed by atoms with E-state index in [0.29, 0.717) is 5.25 Å². The Hall–Kier alpha value is -1.93. The highest BCUT2D eigenvalue weighted by atomic mass is 79.9. The van der Waals surface area contributed by atoms with Crippen LogP contribution in [-0.4, -0.2) is 21.2 Å². The Bertz CT molecular complexity index is 965. The van der Waals surface area contributed by atoms with Gasteiger partial charge in [0.25, 0.3) is 0 Å². The van der Waals surface area contributed by atoms with E-state index >= 15 is 0 Å². The average molecular weight is 483 g/mol. The van der Waals surface area contributed by atoms with Crippen LogP contribution in [0.15, 0.2) is 64.4 Å². The van der Waals surface area contributed by atoms with Crippen molar-refractivity contribution in [2.24, 2.45) is 0 Å². The largest absolute Gasteiger partial charge is 0.573 e. The zero-order chi connectivity index (χ0) is 20.4. The molecule has 4 rings (SSSR count). The molecule has 3 aromatic rings. The lowest BCUT2D eigenvalue weighted by Gasteiger charge is -2.15. The van der Waals surface area contributed by atoms with Crippen LogP contribution in [-0.2, 0) is 0 Å². The lowest BCUT2D eigenvalue weighted by Crippen LogP contribution is -2.17. The number of nitrogens with zero attached hydrogens (tertiary/aromatic N) is 2. The van der Waals surface area contributed by atoms with E-state index in [1.165, 1.54) is 25.0 Å². The number of ether oxygens (including phenoxy) is 1. The Morgan fingerprint density at radius 1 is 1.00 bits per heavy atom. The van der Waals surface area contributed by atoms with Crippen molar-refractivity contribution in [3.8, 4) is 22.7 Å². The quantitative estimate of drug-likeness (QED) is 0.383. The van der Waals surface area contributed by atoms with E-state index in [-0.39, 0.29) is 5.75 Å². The molecule has 0 spiro atoms. The van der Waals surface area contributed by atoms with Crippen molar-refractivity contribution in [2.75, 3.05) is 0 Å². The summed E-state index contributed by atoms with van der Waals surface area (Å²) in [5.41, 5.74) is 2.62. The molecule has 8 heteroatoms. The van der Waals surface area contributed by atoms with Crippen molar-refractivity contribution in [2.45, 2.75) is 42.5 Å². The molecule has 0 saturated heterocycles. The Morgan fingerprint density at radius 2 is 1.66 bits per heavy atom.